The Balaban J connectivity index is 1.64. The van der Waals surface area contributed by atoms with Crippen molar-refractivity contribution in [2.24, 2.45) is 0 Å². The van der Waals surface area contributed by atoms with Crippen LogP contribution >= 0.6 is 0 Å². The number of esters is 1. The second-order valence-corrected chi connectivity index (χ2v) is 11.0. The molecule has 0 fully saturated rings. The van der Waals surface area contributed by atoms with E-state index in [2.05, 4.69) is 10.3 Å². The van der Waals surface area contributed by atoms with E-state index in [4.69, 9.17) is 4.74 Å². The maximum atomic E-state index is 12.9. The zero-order chi connectivity index (χ0) is 24.0. The molecule has 7 heteroatoms. The van der Waals surface area contributed by atoms with E-state index in [1.807, 2.05) is 75.4 Å². The van der Waals surface area contributed by atoms with E-state index in [1.54, 1.807) is 6.07 Å². The molecule has 0 aliphatic rings. The molecule has 2 aromatic carbocycles. The Bertz CT molecular complexity index is 1140. The average Bonchev–Trinajstić information content (AvgIpc) is 2.76. The predicted molar refractivity (Wildman–Crippen MR) is 131 cm³/mol. The molecule has 3 rings (SSSR count). The number of nitrogens with zero attached hydrogens (tertiary/aromatic N) is 1. The molecular weight excluding hydrogens is 479 g/mol. The Labute approximate surface area is 202 Å². The molecule has 0 radical (unpaired) electrons. The first-order valence-electron chi connectivity index (χ1n) is 10.8. The van der Waals surface area contributed by atoms with Crippen LogP contribution in [0.25, 0.3) is 10.9 Å². The number of nitrogens with one attached hydrogen (secondary N) is 1. The van der Waals surface area contributed by atoms with Crippen LogP contribution in [0.4, 0.5) is 0 Å². The van der Waals surface area contributed by atoms with Crippen molar-refractivity contribution in [3.05, 3.63) is 78.0 Å². The average molecular weight is 508 g/mol. The van der Waals surface area contributed by atoms with Gasteiger partial charge in [-0.15, -0.1) is 0 Å². The van der Waals surface area contributed by atoms with Gasteiger partial charge in [0.2, 0.25) is 0 Å². The number of rotatable bonds is 7. The van der Waals surface area contributed by atoms with Crippen LogP contribution in [0.15, 0.2) is 66.9 Å². The molecule has 0 aliphatic carbocycles. The number of imide groups is 1. The van der Waals surface area contributed by atoms with E-state index >= 15 is 0 Å². The van der Waals surface area contributed by atoms with Crippen LogP contribution in [0.5, 0.6) is 0 Å². The summed E-state index contributed by atoms with van der Waals surface area (Å²) in [6.07, 6.45) is 2.06. The first kappa shape index (κ1) is 24.7. The molecule has 0 saturated carbocycles. The van der Waals surface area contributed by atoms with Crippen molar-refractivity contribution in [2.75, 3.05) is 0 Å². The van der Waals surface area contributed by atoms with Crippen molar-refractivity contribution in [3.8, 4) is 0 Å². The van der Waals surface area contributed by atoms with Gasteiger partial charge >= 0.3 is 203 Å². The van der Waals surface area contributed by atoms with E-state index in [9.17, 15) is 14.4 Å². The molecule has 0 spiro atoms. The number of ether oxygens (including phenoxy) is 1. The number of pyridine rings is 1. The minimum atomic E-state index is -0.601. The minimum absolute atomic E-state index is 0.0854. The van der Waals surface area contributed by atoms with Crippen LogP contribution in [-0.2, 0) is 14.3 Å². The standard InChI is InChI=1S/C26H29AsN2O4/c1-26(2,3)33-25(32)21(17-9-5-4-6-10-17)14-20(27)15-23(30)29-24(31)19-13-18-11-7-8-12-22(18)28-16-19/h4-13,16,20-21H,14-15,27H2,1-3H3,(H,29,30,31). The second kappa shape index (κ2) is 10.8. The molecule has 1 aromatic heterocycles. The molecule has 3 aromatic rings. The third-order valence-electron chi connectivity index (χ3n) is 4.98. The van der Waals surface area contributed by atoms with Crippen LogP contribution in [0.2, 0.25) is 4.71 Å². The zero-order valence-corrected chi connectivity index (χ0v) is 21.5. The van der Waals surface area contributed by atoms with Crippen LogP contribution in [0.1, 0.15) is 55.5 Å². The molecule has 0 saturated heterocycles. The molecule has 0 bridgehead atoms. The first-order chi connectivity index (χ1) is 15.6. The summed E-state index contributed by atoms with van der Waals surface area (Å²) in [7, 11) is 0. The number of benzene rings is 2. The summed E-state index contributed by atoms with van der Waals surface area (Å²) in [5, 5.41) is 3.28. The Hall–Kier alpha value is -2.98. The Kier molecular flexibility index (Phi) is 8.04. The summed E-state index contributed by atoms with van der Waals surface area (Å²) in [4.78, 5) is 42.3. The van der Waals surface area contributed by atoms with Gasteiger partial charge in [0.1, 0.15) is 0 Å². The molecule has 172 valence electrons. The zero-order valence-electron chi connectivity index (χ0n) is 19.1. The summed E-state index contributed by atoms with van der Waals surface area (Å²) < 4.78 is 5.54. The number of amides is 2. The fourth-order valence-corrected chi connectivity index (χ4v) is 4.52. The predicted octanol–water partition coefficient (Wildman–Crippen LogP) is 3.82. The summed E-state index contributed by atoms with van der Waals surface area (Å²) in [6, 6.07) is 18.6. The molecule has 1 heterocycles. The molecule has 6 nitrogen and oxygen atoms in total. The van der Waals surface area contributed by atoms with Gasteiger partial charge in [-0.25, -0.2) is 0 Å². The summed E-state index contributed by atoms with van der Waals surface area (Å²) in [5.41, 5.74) is 1.37. The van der Waals surface area contributed by atoms with Crippen molar-refractivity contribution in [2.45, 2.75) is 49.8 Å². The van der Waals surface area contributed by atoms with E-state index in [-0.39, 0.29) is 23.0 Å². The normalized spacial score (nSPS) is 13.2. The first-order valence-corrected chi connectivity index (χ1v) is 12.2. The Morgan fingerprint density at radius 1 is 1.03 bits per heavy atom. The van der Waals surface area contributed by atoms with Gasteiger partial charge in [0.15, 0.2) is 0 Å². The number of hydrogen-bond donors (Lipinski definition) is 1. The SMILES string of the molecule is CC(C)(C)OC(=O)C(CC([AsH2])CC(=O)NC(=O)c1cnc2ccccc2c1)c1ccccc1. The maximum absolute atomic E-state index is 12.9. The number of hydrogen-bond acceptors (Lipinski definition) is 5. The van der Waals surface area contributed by atoms with Crippen LogP contribution in [0.3, 0.4) is 0 Å². The van der Waals surface area contributed by atoms with Gasteiger partial charge in [-0.05, 0) is 0 Å². The van der Waals surface area contributed by atoms with Crippen LogP contribution in [0, 0.1) is 0 Å². The number of carbonyl (C=O) groups is 3. The number of carbonyl (C=O) groups excluding carboxylic acids is 3. The van der Waals surface area contributed by atoms with Gasteiger partial charge in [-0.1, -0.05) is 0 Å². The van der Waals surface area contributed by atoms with Crippen molar-refractivity contribution < 1.29 is 19.1 Å². The van der Waals surface area contributed by atoms with Gasteiger partial charge in [0.05, 0.1) is 0 Å². The molecule has 3 unspecified atom stereocenters. The number of fused-ring (bicyclic) bond motifs is 1. The van der Waals surface area contributed by atoms with Gasteiger partial charge in [0, 0.05) is 0 Å². The van der Waals surface area contributed by atoms with E-state index in [1.165, 1.54) is 23.0 Å². The molecule has 0 aliphatic heterocycles. The fraction of sp³-hybridized carbons (Fsp3) is 0.308. The fourth-order valence-electron chi connectivity index (χ4n) is 3.50. The number of aromatic nitrogens is 1. The van der Waals surface area contributed by atoms with Crippen molar-refractivity contribution in [3.63, 3.8) is 0 Å². The molecule has 1 N–H and O–H groups in total. The summed E-state index contributed by atoms with van der Waals surface area (Å²) in [5.74, 6) is -1.64. The van der Waals surface area contributed by atoms with Crippen molar-refractivity contribution >= 4 is 45.5 Å². The summed E-state index contributed by atoms with van der Waals surface area (Å²) in [6.45, 7) is 5.50. The molecule has 3 atom stereocenters. The third kappa shape index (κ3) is 7.26. The Morgan fingerprint density at radius 3 is 2.39 bits per heavy atom. The second-order valence-electron chi connectivity index (χ2n) is 8.99. The van der Waals surface area contributed by atoms with Crippen molar-refractivity contribution in [1.29, 1.82) is 0 Å². The molecule has 33 heavy (non-hydrogen) atoms. The molecule has 2 amide bonds. The molecular formula is C26H29AsN2O4. The van der Waals surface area contributed by atoms with E-state index in [0.29, 0.717) is 12.0 Å². The summed E-state index contributed by atoms with van der Waals surface area (Å²) >= 11 is 1.35. The third-order valence-corrected chi connectivity index (χ3v) is 6.05. The van der Waals surface area contributed by atoms with Gasteiger partial charge in [-0.2, -0.15) is 0 Å². The topological polar surface area (TPSA) is 85.4 Å². The van der Waals surface area contributed by atoms with Crippen molar-refractivity contribution in [1.82, 2.24) is 10.3 Å². The monoisotopic (exact) mass is 508 g/mol. The van der Waals surface area contributed by atoms with E-state index < -0.39 is 17.4 Å². The van der Waals surface area contributed by atoms with Crippen LogP contribution in [-0.4, -0.2) is 45.2 Å². The Morgan fingerprint density at radius 2 is 1.70 bits per heavy atom. The number of para-hydroxylation sites is 1. The van der Waals surface area contributed by atoms with Gasteiger partial charge in [-0.3, -0.25) is 0 Å². The van der Waals surface area contributed by atoms with Gasteiger partial charge in [0.25, 0.3) is 0 Å². The quantitative estimate of drug-likeness (QED) is 0.388. The van der Waals surface area contributed by atoms with Gasteiger partial charge < -0.3 is 0 Å². The van der Waals surface area contributed by atoms with Crippen LogP contribution < -0.4 is 5.32 Å². The van der Waals surface area contributed by atoms with E-state index in [0.717, 1.165) is 16.5 Å².